The molecule has 2 aromatic carbocycles. The van der Waals surface area contributed by atoms with Gasteiger partial charge in [-0.3, -0.25) is 18.8 Å². The molecule has 1 unspecified atom stereocenters. The van der Waals surface area contributed by atoms with Crippen LogP contribution in [0.25, 0.3) is 11.0 Å². The van der Waals surface area contributed by atoms with Gasteiger partial charge in [-0.25, -0.2) is 17.4 Å². The topological polar surface area (TPSA) is 214 Å². The largest absolute Gasteiger partial charge is 0.493 e. The Morgan fingerprint density at radius 1 is 0.956 bits per heavy atom. The number of carbonyl (C=O) groups is 2. The number of rotatable bonds is 15. The SMILES string of the molecule is COc1ccnc(CS(=O)c2nc3ccc(OC(F)F)cc3n2S(=O)(=O)c2ccc(OCC(N)=O)c(OCC(N)=O)c2)c1OC. The molecular weight excluding hydrogens is 644 g/mol. The lowest BCUT2D eigenvalue weighted by molar-refractivity contribution is -0.121. The van der Waals surface area contributed by atoms with Crippen LogP contribution in [-0.2, 0) is 36.2 Å². The molecule has 2 amide bonds. The molecule has 0 bridgehead atoms. The number of benzene rings is 2. The van der Waals surface area contributed by atoms with E-state index in [0.29, 0.717) is 3.97 Å². The summed E-state index contributed by atoms with van der Waals surface area (Å²) in [4.78, 5) is 30.5. The summed E-state index contributed by atoms with van der Waals surface area (Å²) in [6.45, 7) is -4.53. The molecule has 4 rings (SSSR count). The van der Waals surface area contributed by atoms with E-state index in [1.54, 1.807) is 0 Å². The molecule has 0 saturated carbocycles. The van der Waals surface area contributed by atoms with Gasteiger partial charge in [0, 0.05) is 24.4 Å². The maximum Gasteiger partial charge on any atom is 0.387 e. The molecule has 0 aliphatic heterocycles. The van der Waals surface area contributed by atoms with Crippen LogP contribution in [-0.4, -0.2) is 72.4 Å². The van der Waals surface area contributed by atoms with Gasteiger partial charge in [-0.2, -0.15) is 8.78 Å². The molecule has 0 spiro atoms. The number of hydrogen-bond donors (Lipinski definition) is 2. The normalized spacial score (nSPS) is 12.1. The Hall–Kier alpha value is -5.04. The van der Waals surface area contributed by atoms with Gasteiger partial charge in [0.1, 0.15) is 5.75 Å². The molecule has 240 valence electrons. The Morgan fingerprint density at radius 3 is 2.27 bits per heavy atom. The third-order valence-electron chi connectivity index (χ3n) is 5.81. The van der Waals surface area contributed by atoms with Gasteiger partial charge in [0.15, 0.2) is 36.2 Å². The van der Waals surface area contributed by atoms with Crippen molar-refractivity contribution in [3.63, 3.8) is 0 Å². The number of carbonyl (C=O) groups excluding carboxylic acids is 2. The first kappa shape index (κ1) is 32.9. The number of alkyl halides is 2. The number of nitrogens with two attached hydrogens (primary N) is 2. The second-order valence-electron chi connectivity index (χ2n) is 8.79. The molecule has 1 atom stereocenters. The molecule has 0 radical (unpaired) electrons. The molecule has 4 N–H and O–H groups in total. The van der Waals surface area contributed by atoms with Crippen LogP contribution in [0.5, 0.6) is 28.7 Å². The molecule has 0 saturated heterocycles. The quantitative estimate of drug-likeness (QED) is 0.183. The van der Waals surface area contributed by atoms with Crippen LogP contribution in [0.1, 0.15) is 5.69 Å². The van der Waals surface area contributed by atoms with Crippen LogP contribution >= 0.6 is 0 Å². The number of hydrogen-bond acceptors (Lipinski definition) is 12. The number of pyridine rings is 1. The number of ether oxygens (including phenoxy) is 5. The van der Waals surface area contributed by atoms with Crippen molar-refractivity contribution in [3.8, 4) is 28.7 Å². The van der Waals surface area contributed by atoms with E-state index in [9.17, 15) is 31.0 Å². The van der Waals surface area contributed by atoms with Gasteiger partial charge in [0.2, 0.25) is 5.16 Å². The lowest BCUT2D eigenvalue weighted by Gasteiger charge is -2.15. The van der Waals surface area contributed by atoms with E-state index in [4.69, 9.17) is 30.4 Å². The summed E-state index contributed by atoms with van der Waals surface area (Å²) >= 11 is 0. The van der Waals surface area contributed by atoms with Crippen molar-refractivity contribution in [2.45, 2.75) is 22.4 Å². The fourth-order valence-electron chi connectivity index (χ4n) is 3.99. The number of methoxy groups -OCH3 is 2. The maximum absolute atomic E-state index is 14.2. The monoisotopic (exact) mass is 669 g/mol. The predicted octanol–water partition coefficient (Wildman–Crippen LogP) is 1.32. The smallest absolute Gasteiger partial charge is 0.387 e. The first-order valence-electron chi connectivity index (χ1n) is 12.5. The minimum atomic E-state index is -4.77. The van der Waals surface area contributed by atoms with E-state index in [1.807, 2.05) is 0 Å². The Morgan fingerprint density at radius 2 is 1.64 bits per heavy atom. The van der Waals surface area contributed by atoms with Crippen molar-refractivity contribution in [1.82, 2.24) is 13.9 Å². The van der Waals surface area contributed by atoms with Crippen LogP contribution < -0.4 is 35.2 Å². The van der Waals surface area contributed by atoms with Gasteiger partial charge in [-0.1, -0.05) is 0 Å². The van der Waals surface area contributed by atoms with Crippen molar-refractivity contribution < 1.29 is 54.7 Å². The fraction of sp³-hybridized carbons (Fsp3) is 0.231. The highest BCUT2D eigenvalue weighted by molar-refractivity contribution is 7.91. The number of imidazole rings is 1. The average Bonchev–Trinajstić information content (AvgIpc) is 3.38. The van der Waals surface area contributed by atoms with Gasteiger partial charge in [-0.05, 0) is 24.3 Å². The van der Waals surface area contributed by atoms with Crippen LogP contribution in [0.4, 0.5) is 8.78 Å². The highest BCUT2D eigenvalue weighted by Gasteiger charge is 2.30. The molecule has 15 nitrogen and oxygen atoms in total. The first-order chi connectivity index (χ1) is 21.3. The number of amides is 2. The molecule has 2 heterocycles. The summed E-state index contributed by atoms with van der Waals surface area (Å²) in [6, 6.07) is 7.99. The summed E-state index contributed by atoms with van der Waals surface area (Å²) in [5, 5.41) is -0.500. The van der Waals surface area contributed by atoms with Crippen LogP contribution in [0.15, 0.2) is 58.7 Å². The van der Waals surface area contributed by atoms with Gasteiger partial charge in [-0.15, -0.1) is 0 Å². The third-order valence-corrected chi connectivity index (χ3v) is 8.84. The van der Waals surface area contributed by atoms with Crippen molar-refractivity contribution >= 4 is 43.7 Å². The van der Waals surface area contributed by atoms with Crippen molar-refractivity contribution in [3.05, 3.63) is 54.4 Å². The van der Waals surface area contributed by atoms with Crippen LogP contribution in [0, 0.1) is 0 Å². The van der Waals surface area contributed by atoms with E-state index in [0.717, 1.165) is 30.3 Å². The Bertz CT molecular complexity index is 1890. The van der Waals surface area contributed by atoms with Crippen molar-refractivity contribution in [2.24, 2.45) is 11.5 Å². The molecule has 2 aromatic heterocycles. The number of fused-ring (bicyclic) bond motifs is 1. The van der Waals surface area contributed by atoms with E-state index in [2.05, 4.69) is 14.7 Å². The van der Waals surface area contributed by atoms with Gasteiger partial charge >= 0.3 is 6.61 Å². The zero-order valence-electron chi connectivity index (χ0n) is 23.5. The standard InChI is InChI=1S/C26H25F2N5O10S2/c1-39-20-7-8-31-17(24(20)40-2)13-44(36)26-32-16-5-3-14(43-25(27)28)9-18(16)33(26)45(37,38)15-4-6-19(41-11-22(29)34)21(10-15)42-12-23(30)35/h3-10,25H,11-13H2,1-2H3,(H2,29,34)(H2,30,35). The first-order valence-corrected chi connectivity index (χ1v) is 15.2. The predicted molar refractivity (Wildman–Crippen MR) is 152 cm³/mol. The zero-order chi connectivity index (χ0) is 32.9. The summed E-state index contributed by atoms with van der Waals surface area (Å²) in [5.74, 6) is -2.60. The van der Waals surface area contributed by atoms with E-state index in [-0.39, 0.29) is 39.7 Å². The van der Waals surface area contributed by atoms with Crippen molar-refractivity contribution in [2.75, 3.05) is 27.4 Å². The summed E-state index contributed by atoms with van der Waals surface area (Å²) in [7, 11) is -4.30. The van der Waals surface area contributed by atoms with E-state index < -0.39 is 74.0 Å². The fourth-order valence-corrected chi connectivity index (χ4v) is 6.96. The number of aromatic nitrogens is 3. The average molecular weight is 670 g/mol. The van der Waals surface area contributed by atoms with Gasteiger partial charge in [0.25, 0.3) is 21.8 Å². The molecule has 4 aromatic rings. The lowest BCUT2D eigenvalue weighted by atomic mass is 10.3. The lowest BCUT2D eigenvalue weighted by Crippen LogP contribution is -2.22. The van der Waals surface area contributed by atoms with E-state index >= 15 is 0 Å². The molecule has 0 fully saturated rings. The van der Waals surface area contributed by atoms with Crippen molar-refractivity contribution in [1.29, 1.82) is 0 Å². The molecular formula is C26H25F2N5O10S2. The second kappa shape index (κ2) is 13.7. The summed E-state index contributed by atoms with van der Waals surface area (Å²) in [6.07, 6.45) is 1.37. The zero-order valence-corrected chi connectivity index (χ0v) is 25.1. The summed E-state index contributed by atoms with van der Waals surface area (Å²) < 4.78 is 94.4. The van der Waals surface area contributed by atoms with Crippen LogP contribution in [0.3, 0.4) is 0 Å². The minimum absolute atomic E-state index is 0.0271. The number of primary amides is 2. The number of nitrogens with zero attached hydrogens (tertiary/aromatic N) is 3. The third kappa shape index (κ3) is 7.37. The molecule has 45 heavy (non-hydrogen) atoms. The number of halogens is 2. The Labute approximate surface area is 256 Å². The Balaban J connectivity index is 1.89. The van der Waals surface area contributed by atoms with Gasteiger partial charge in [0.05, 0.1) is 52.4 Å². The maximum atomic E-state index is 14.2. The highest BCUT2D eigenvalue weighted by Crippen LogP contribution is 2.35. The molecule has 0 aliphatic carbocycles. The van der Waals surface area contributed by atoms with Gasteiger partial charge < -0.3 is 35.2 Å². The highest BCUT2D eigenvalue weighted by atomic mass is 32.2. The minimum Gasteiger partial charge on any atom is -0.493 e. The molecule has 0 aliphatic rings. The van der Waals surface area contributed by atoms with Crippen LogP contribution in [0.2, 0.25) is 0 Å². The van der Waals surface area contributed by atoms with E-state index in [1.165, 1.54) is 32.5 Å². The summed E-state index contributed by atoms with van der Waals surface area (Å²) in [5.41, 5.74) is 10.1. The molecule has 19 heteroatoms. The second-order valence-corrected chi connectivity index (χ2v) is 11.9. The Kier molecular flexibility index (Phi) is 10.0.